The van der Waals surface area contributed by atoms with E-state index in [0.29, 0.717) is 5.57 Å². The fourth-order valence-corrected chi connectivity index (χ4v) is 2.90. The van der Waals surface area contributed by atoms with Gasteiger partial charge in [0.25, 0.3) is 5.91 Å². The van der Waals surface area contributed by atoms with Crippen molar-refractivity contribution in [2.45, 2.75) is 46.8 Å². The summed E-state index contributed by atoms with van der Waals surface area (Å²) in [5.74, 6) is -0.436. The average Bonchev–Trinajstić information content (AvgIpc) is 2.86. The second kappa shape index (κ2) is 8.10. The normalized spacial score (nSPS) is 22.8. The lowest BCUT2D eigenvalue weighted by Gasteiger charge is -2.23. The zero-order valence-corrected chi connectivity index (χ0v) is 15.8. The summed E-state index contributed by atoms with van der Waals surface area (Å²) in [6, 6.07) is -0.237. The van der Waals surface area contributed by atoms with Gasteiger partial charge >= 0.3 is 6.09 Å². The minimum absolute atomic E-state index is 0.134. The monoisotopic (exact) mass is 421 g/mol. The second-order valence-electron chi connectivity index (χ2n) is 5.89. The van der Waals surface area contributed by atoms with Gasteiger partial charge in [0.2, 0.25) is 0 Å². The van der Waals surface area contributed by atoms with Crippen molar-refractivity contribution in [2.24, 2.45) is 11.8 Å². The predicted octanol–water partition coefficient (Wildman–Crippen LogP) is 3.27. The number of cyclic esters (lactones) is 1. The van der Waals surface area contributed by atoms with Crippen LogP contribution < -0.4 is 0 Å². The molecule has 124 valence electrons. The molecule has 1 aliphatic heterocycles. The molecule has 1 aliphatic rings. The smallest absolute Gasteiger partial charge is 0.417 e. The Kier molecular flexibility index (Phi) is 7.05. The third-order valence-corrected chi connectivity index (χ3v) is 5.06. The van der Waals surface area contributed by atoms with Gasteiger partial charge in [-0.15, -0.1) is 0 Å². The van der Waals surface area contributed by atoms with Crippen LogP contribution in [-0.4, -0.2) is 40.8 Å². The molecule has 0 spiro atoms. The molecule has 0 aromatic carbocycles. The van der Waals surface area contributed by atoms with E-state index >= 15 is 0 Å². The van der Waals surface area contributed by atoms with Crippen molar-refractivity contribution in [3.8, 4) is 0 Å². The molecule has 5 nitrogen and oxygen atoms in total. The molecule has 0 unspecified atom stereocenters. The number of imide groups is 1. The van der Waals surface area contributed by atoms with Crippen molar-refractivity contribution in [3.05, 3.63) is 21.3 Å². The van der Waals surface area contributed by atoms with Gasteiger partial charge in [-0.1, -0.05) is 32.9 Å². The number of nitrogens with zero attached hydrogens (tertiary/aromatic N) is 1. The van der Waals surface area contributed by atoms with Crippen LogP contribution in [0.25, 0.3) is 0 Å². The summed E-state index contributed by atoms with van der Waals surface area (Å²) in [4.78, 5) is 25.5. The number of amides is 2. The minimum Gasteiger partial charge on any atom is -0.447 e. The van der Waals surface area contributed by atoms with E-state index in [1.54, 1.807) is 13.0 Å². The SMILES string of the molecule is C/C=C(\I)[C@@H](O)[C@@H](C)/C=C(\C)C(=O)N1C(=O)OC[C@@H]1C(C)C. The fourth-order valence-electron chi connectivity index (χ4n) is 2.33. The fraction of sp³-hybridized carbons (Fsp3) is 0.625. The molecule has 1 rings (SSSR count). The Morgan fingerprint density at radius 1 is 1.45 bits per heavy atom. The van der Waals surface area contributed by atoms with Crippen LogP contribution in [0.1, 0.15) is 34.6 Å². The Morgan fingerprint density at radius 2 is 2.05 bits per heavy atom. The van der Waals surface area contributed by atoms with Crippen LogP contribution in [0.15, 0.2) is 21.3 Å². The Balaban J connectivity index is 2.91. The number of hydrogen-bond acceptors (Lipinski definition) is 4. The number of allylic oxidation sites excluding steroid dienone is 1. The highest BCUT2D eigenvalue weighted by atomic mass is 127. The van der Waals surface area contributed by atoms with E-state index in [9.17, 15) is 14.7 Å². The van der Waals surface area contributed by atoms with Crippen LogP contribution in [0.3, 0.4) is 0 Å². The van der Waals surface area contributed by atoms with E-state index in [0.717, 1.165) is 3.58 Å². The molecule has 3 atom stereocenters. The summed E-state index contributed by atoms with van der Waals surface area (Å²) in [7, 11) is 0. The van der Waals surface area contributed by atoms with Crippen LogP contribution in [0, 0.1) is 11.8 Å². The first-order chi connectivity index (χ1) is 10.2. The highest BCUT2D eigenvalue weighted by Gasteiger charge is 2.39. The maximum Gasteiger partial charge on any atom is 0.417 e. The van der Waals surface area contributed by atoms with Crippen molar-refractivity contribution in [3.63, 3.8) is 0 Å². The molecule has 0 aliphatic carbocycles. The molecule has 6 heteroatoms. The molecular formula is C16H24INO4. The third kappa shape index (κ3) is 4.32. The number of aliphatic hydroxyl groups excluding tert-OH is 1. The van der Waals surface area contributed by atoms with Gasteiger partial charge in [-0.2, -0.15) is 0 Å². The summed E-state index contributed by atoms with van der Waals surface area (Å²) in [5.41, 5.74) is 0.441. The van der Waals surface area contributed by atoms with Gasteiger partial charge < -0.3 is 9.84 Å². The molecule has 0 bridgehead atoms. The van der Waals surface area contributed by atoms with Crippen molar-refractivity contribution >= 4 is 34.6 Å². The Morgan fingerprint density at radius 3 is 2.55 bits per heavy atom. The molecular weight excluding hydrogens is 397 g/mol. The minimum atomic E-state index is -0.653. The second-order valence-corrected chi connectivity index (χ2v) is 7.14. The van der Waals surface area contributed by atoms with Crippen molar-refractivity contribution in [2.75, 3.05) is 6.61 Å². The summed E-state index contributed by atoms with van der Waals surface area (Å²) in [5, 5.41) is 10.1. The van der Waals surface area contributed by atoms with Gasteiger partial charge in [-0.3, -0.25) is 4.79 Å². The largest absolute Gasteiger partial charge is 0.447 e. The molecule has 0 radical (unpaired) electrons. The standard InChI is InChI=1S/C16H24INO4/c1-6-12(17)14(19)10(4)7-11(5)15(20)18-13(9(2)3)8-22-16(18)21/h6-7,9-10,13-14,19H,8H2,1-5H3/b11-7+,12-6-/t10-,13+,14-/m0/s1. The molecule has 2 amide bonds. The predicted molar refractivity (Wildman–Crippen MR) is 93.5 cm³/mol. The van der Waals surface area contributed by atoms with Gasteiger partial charge in [0.15, 0.2) is 0 Å². The zero-order chi connectivity index (χ0) is 17.0. The maximum absolute atomic E-state index is 12.5. The van der Waals surface area contributed by atoms with E-state index < -0.39 is 12.2 Å². The molecule has 22 heavy (non-hydrogen) atoms. The first kappa shape index (κ1) is 19.2. The summed E-state index contributed by atoms with van der Waals surface area (Å²) >= 11 is 2.08. The van der Waals surface area contributed by atoms with Crippen molar-refractivity contribution in [1.29, 1.82) is 0 Å². The Bertz CT molecular complexity index is 498. The maximum atomic E-state index is 12.5. The van der Waals surface area contributed by atoms with E-state index in [1.165, 1.54) is 4.90 Å². The number of carbonyl (C=O) groups excluding carboxylic acids is 2. The van der Waals surface area contributed by atoms with Gasteiger partial charge in [0.05, 0.1) is 12.1 Å². The van der Waals surface area contributed by atoms with Crippen molar-refractivity contribution in [1.82, 2.24) is 4.90 Å². The summed E-state index contributed by atoms with van der Waals surface area (Å²) in [6.07, 6.45) is 2.30. The van der Waals surface area contributed by atoms with Gasteiger partial charge in [-0.05, 0) is 42.4 Å². The lowest BCUT2D eigenvalue weighted by atomic mass is 9.99. The Hall–Kier alpha value is -0.890. The highest BCUT2D eigenvalue weighted by molar-refractivity contribution is 14.1. The van der Waals surface area contributed by atoms with E-state index in [-0.39, 0.29) is 30.4 Å². The molecule has 0 saturated carbocycles. The summed E-state index contributed by atoms with van der Waals surface area (Å²) < 4.78 is 5.82. The average molecular weight is 421 g/mol. The van der Waals surface area contributed by atoms with Gasteiger partial charge in [0, 0.05) is 15.1 Å². The number of hydrogen-bond donors (Lipinski definition) is 1. The molecule has 1 N–H and O–H groups in total. The topological polar surface area (TPSA) is 66.8 Å². The van der Waals surface area contributed by atoms with Crippen LogP contribution >= 0.6 is 22.6 Å². The lowest BCUT2D eigenvalue weighted by molar-refractivity contribution is -0.125. The van der Waals surface area contributed by atoms with E-state index in [2.05, 4.69) is 22.6 Å². The summed E-state index contributed by atoms with van der Waals surface area (Å²) in [6.45, 7) is 9.50. The first-order valence-corrected chi connectivity index (χ1v) is 8.47. The third-order valence-electron chi connectivity index (χ3n) is 3.80. The number of aliphatic hydroxyl groups is 1. The molecule has 1 saturated heterocycles. The quantitative estimate of drug-likeness (QED) is 0.547. The molecule has 0 aromatic heterocycles. The zero-order valence-electron chi connectivity index (χ0n) is 13.7. The molecule has 0 aromatic rings. The molecule has 1 heterocycles. The number of ether oxygens (including phenoxy) is 1. The molecule has 1 fully saturated rings. The van der Waals surface area contributed by atoms with Crippen LogP contribution in [0.4, 0.5) is 4.79 Å². The van der Waals surface area contributed by atoms with Gasteiger partial charge in [-0.25, -0.2) is 9.69 Å². The van der Waals surface area contributed by atoms with Gasteiger partial charge in [0.1, 0.15) is 6.61 Å². The van der Waals surface area contributed by atoms with Crippen molar-refractivity contribution < 1.29 is 19.4 Å². The highest BCUT2D eigenvalue weighted by Crippen LogP contribution is 2.24. The number of carbonyl (C=O) groups is 2. The van der Waals surface area contributed by atoms with Crippen LogP contribution in [0.5, 0.6) is 0 Å². The van der Waals surface area contributed by atoms with Crippen LogP contribution in [-0.2, 0) is 9.53 Å². The van der Waals surface area contributed by atoms with E-state index in [1.807, 2.05) is 33.8 Å². The number of rotatable bonds is 5. The lowest BCUT2D eigenvalue weighted by Crippen LogP contribution is -2.42. The Labute approximate surface area is 145 Å². The number of halogens is 1. The first-order valence-electron chi connectivity index (χ1n) is 7.39. The van der Waals surface area contributed by atoms with Crippen LogP contribution in [0.2, 0.25) is 0 Å². The van der Waals surface area contributed by atoms with E-state index in [4.69, 9.17) is 4.74 Å².